The van der Waals surface area contributed by atoms with E-state index in [-0.39, 0.29) is 60.3 Å². The Balaban J connectivity index is 1.50. The molecule has 2 heterocycles. The SMILES string of the molecule is CC(=O)OC[C@@]1(C)[C@H]2CC[C@]3(CNc4ccccc4F)O[C@H](C4=CCOC4=O)C[C@H]3[C@]2(C)CC[C@H]1OC(C)=O. The average Bonchev–Trinajstić information content (AvgIpc) is 3.48. The molecule has 1 saturated heterocycles. The summed E-state index contributed by atoms with van der Waals surface area (Å²) in [5.41, 5.74) is -0.579. The van der Waals surface area contributed by atoms with Crippen LogP contribution in [0, 0.1) is 28.5 Å². The Hall–Kier alpha value is -2.94. The molecule has 0 aromatic heterocycles. The van der Waals surface area contributed by atoms with E-state index in [2.05, 4.69) is 19.2 Å². The summed E-state index contributed by atoms with van der Waals surface area (Å²) in [6.07, 6.45) is 4.39. The molecule has 1 N–H and O–H groups in total. The quantitative estimate of drug-likeness (QED) is 0.394. The number of esters is 3. The van der Waals surface area contributed by atoms with Crippen LogP contribution in [-0.4, -0.2) is 55.5 Å². The first kappa shape index (κ1) is 27.6. The Bertz CT molecular complexity index is 1190. The molecule has 8 nitrogen and oxygen atoms in total. The Morgan fingerprint density at radius 3 is 2.54 bits per heavy atom. The fourth-order valence-electron chi connectivity index (χ4n) is 8.11. The van der Waals surface area contributed by atoms with E-state index in [0.29, 0.717) is 37.1 Å². The number of benzene rings is 1. The van der Waals surface area contributed by atoms with E-state index in [1.165, 1.54) is 19.9 Å². The summed E-state index contributed by atoms with van der Waals surface area (Å²) in [5, 5.41) is 3.30. The summed E-state index contributed by atoms with van der Waals surface area (Å²) >= 11 is 0. The summed E-state index contributed by atoms with van der Waals surface area (Å²) in [7, 11) is 0. The summed E-state index contributed by atoms with van der Waals surface area (Å²) in [6, 6.07) is 6.56. The van der Waals surface area contributed by atoms with Gasteiger partial charge in [-0.2, -0.15) is 0 Å². The molecule has 212 valence electrons. The lowest BCUT2D eigenvalue weighted by Gasteiger charge is -2.62. The van der Waals surface area contributed by atoms with E-state index in [9.17, 15) is 18.8 Å². The van der Waals surface area contributed by atoms with E-state index in [1.807, 2.05) is 0 Å². The molecule has 39 heavy (non-hydrogen) atoms. The number of cyclic esters (lactones) is 1. The molecule has 7 atom stereocenters. The van der Waals surface area contributed by atoms with Crippen molar-refractivity contribution < 1.29 is 37.7 Å². The van der Waals surface area contributed by atoms with Gasteiger partial charge in [-0.1, -0.05) is 26.0 Å². The second-order valence-corrected chi connectivity index (χ2v) is 12.1. The lowest BCUT2D eigenvalue weighted by Crippen LogP contribution is -2.63. The minimum Gasteiger partial charge on any atom is -0.465 e. The van der Waals surface area contributed by atoms with E-state index < -0.39 is 17.1 Å². The van der Waals surface area contributed by atoms with E-state index >= 15 is 0 Å². The smallest absolute Gasteiger partial charge is 0.336 e. The zero-order valence-corrected chi connectivity index (χ0v) is 23.1. The van der Waals surface area contributed by atoms with Crippen LogP contribution < -0.4 is 5.32 Å². The number of fused-ring (bicyclic) bond motifs is 3. The van der Waals surface area contributed by atoms with Crippen molar-refractivity contribution in [3.05, 3.63) is 41.7 Å². The maximum Gasteiger partial charge on any atom is 0.336 e. The van der Waals surface area contributed by atoms with Gasteiger partial charge in [0.25, 0.3) is 0 Å². The number of carbonyl (C=O) groups is 3. The van der Waals surface area contributed by atoms with Crippen molar-refractivity contribution in [2.75, 3.05) is 25.1 Å². The van der Waals surface area contributed by atoms with Crippen LogP contribution in [0.2, 0.25) is 0 Å². The molecule has 4 aliphatic rings. The minimum atomic E-state index is -0.654. The molecule has 0 radical (unpaired) electrons. The maximum absolute atomic E-state index is 14.5. The largest absolute Gasteiger partial charge is 0.465 e. The first-order valence-corrected chi connectivity index (χ1v) is 13.8. The van der Waals surface area contributed by atoms with Crippen LogP contribution in [0.15, 0.2) is 35.9 Å². The van der Waals surface area contributed by atoms with Crippen molar-refractivity contribution in [3.63, 3.8) is 0 Å². The number of ether oxygens (including phenoxy) is 4. The van der Waals surface area contributed by atoms with Crippen LogP contribution in [0.1, 0.15) is 59.8 Å². The summed E-state index contributed by atoms with van der Waals surface area (Å²) in [4.78, 5) is 36.4. The molecule has 9 heteroatoms. The van der Waals surface area contributed by atoms with Gasteiger partial charge in [0.15, 0.2) is 0 Å². The van der Waals surface area contributed by atoms with Gasteiger partial charge < -0.3 is 24.3 Å². The first-order chi connectivity index (χ1) is 18.5. The van der Waals surface area contributed by atoms with Gasteiger partial charge in [0.05, 0.1) is 23.0 Å². The Morgan fingerprint density at radius 1 is 1.10 bits per heavy atom. The van der Waals surface area contributed by atoms with Crippen molar-refractivity contribution in [3.8, 4) is 0 Å². The Morgan fingerprint density at radius 2 is 1.87 bits per heavy atom. The average molecular weight is 544 g/mol. The summed E-state index contributed by atoms with van der Waals surface area (Å²) < 4.78 is 38.0. The molecule has 0 spiro atoms. The molecular weight excluding hydrogens is 505 g/mol. The third-order valence-electron chi connectivity index (χ3n) is 9.83. The predicted molar refractivity (Wildman–Crippen MR) is 140 cm³/mol. The number of carbonyl (C=O) groups excluding carboxylic acids is 3. The number of para-hydroxylation sites is 1. The highest BCUT2D eigenvalue weighted by Gasteiger charge is 2.67. The van der Waals surface area contributed by atoms with Gasteiger partial charge in [-0.25, -0.2) is 9.18 Å². The summed E-state index contributed by atoms with van der Waals surface area (Å²) in [6.45, 7) is 7.87. The molecule has 0 unspecified atom stereocenters. The number of nitrogens with one attached hydrogen (secondary N) is 1. The van der Waals surface area contributed by atoms with E-state index in [1.54, 1.807) is 24.3 Å². The lowest BCUT2D eigenvalue weighted by molar-refractivity contribution is -0.214. The Kier molecular flexibility index (Phi) is 7.24. The second kappa shape index (κ2) is 10.2. The van der Waals surface area contributed by atoms with Gasteiger partial charge in [-0.15, -0.1) is 0 Å². The van der Waals surface area contributed by atoms with E-state index in [0.717, 1.165) is 12.8 Å². The molecule has 2 aliphatic carbocycles. The molecule has 3 fully saturated rings. The Labute approximate surface area is 228 Å². The van der Waals surface area contributed by atoms with Gasteiger partial charge in [0, 0.05) is 25.8 Å². The highest BCUT2D eigenvalue weighted by Crippen LogP contribution is 2.66. The van der Waals surface area contributed by atoms with Gasteiger partial charge in [0.2, 0.25) is 0 Å². The lowest BCUT2D eigenvalue weighted by atomic mass is 9.44. The van der Waals surface area contributed by atoms with Crippen LogP contribution in [0.3, 0.4) is 0 Å². The van der Waals surface area contributed by atoms with E-state index in [4.69, 9.17) is 18.9 Å². The first-order valence-electron chi connectivity index (χ1n) is 13.8. The predicted octanol–water partition coefficient (Wildman–Crippen LogP) is 4.58. The normalized spacial score (nSPS) is 37.3. The minimum absolute atomic E-state index is 0.0113. The molecule has 0 bridgehead atoms. The molecule has 2 saturated carbocycles. The monoisotopic (exact) mass is 543 g/mol. The van der Waals surface area contributed by atoms with Crippen LogP contribution in [0.25, 0.3) is 0 Å². The molecule has 5 rings (SSSR count). The maximum atomic E-state index is 14.5. The number of anilines is 1. The van der Waals surface area contributed by atoms with Crippen molar-refractivity contribution in [2.24, 2.45) is 22.7 Å². The third-order valence-corrected chi connectivity index (χ3v) is 9.83. The highest BCUT2D eigenvalue weighted by molar-refractivity contribution is 5.91. The van der Waals surface area contributed by atoms with Crippen molar-refractivity contribution in [2.45, 2.75) is 77.6 Å². The van der Waals surface area contributed by atoms with Gasteiger partial charge >= 0.3 is 17.9 Å². The topological polar surface area (TPSA) is 100 Å². The van der Waals surface area contributed by atoms with Crippen molar-refractivity contribution >= 4 is 23.6 Å². The van der Waals surface area contributed by atoms with Crippen LogP contribution >= 0.6 is 0 Å². The summed E-state index contributed by atoms with van der Waals surface area (Å²) in [5.74, 6) is -1.35. The molecular formula is C30H38FNO7. The molecule has 1 aromatic carbocycles. The fraction of sp³-hybridized carbons (Fsp3) is 0.633. The number of rotatable bonds is 7. The van der Waals surface area contributed by atoms with Gasteiger partial charge in [-0.05, 0) is 67.6 Å². The van der Waals surface area contributed by atoms with Crippen molar-refractivity contribution in [1.29, 1.82) is 0 Å². The number of halogens is 1. The highest BCUT2D eigenvalue weighted by atomic mass is 19.1. The molecule has 2 aliphatic heterocycles. The third kappa shape index (κ3) is 4.83. The second-order valence-electron chi connectivity index (χ2n) is 12.1. The zero-order valence-electron chi connectivity index (χ0n) is 23.1. The fourth-order valence-corrected chi connectivity index (χ4v) is 8.11. The van der Waals surface area contributed by atoms with Crippen LogP contribution in [0.4, 0.5) is 10.1 Å². The molecule has 1 aromatic rings. The van der Waals surface area contributed by atoms with Crippen molar-refractivity contribution in [1.82, 2.24) is 0 Å². The zero-order chi connectivity index (χ0) is 28.0. The van der Waals surface area contributed by atoms with Gasteiger partial charge in [-0.3, -0.25) is 9.59 Å². The standard InChI is InChI=1S/C30H38FNO7/c1-18(33)37-17-29(4)24-9-13-30(16-32-22-8-6-5-7-21(22)31)25(15-23(39-30)20-11-14-36-27(20)35)28(24,3)12-10-26(29)38-19(2)34/h5-8,11,23-26,32H,9-10,12-17H2,1-4H3/t23-,24-,25-,26+,28+,29-,30+/m0/s1. The van der Waals surface area contributed by atoms with Crippen LogP contribution in [-0.2, 0) is 33.3 Å². The molecule has 0 amide bonds. The number of hydrogen-bond donors (Lipinski definition) is 1. The van der Waals surface area contributed by atoms with Gasteiger partial charge in [0.1, 0.15) is 25.1 Å². The van der Waals surface area contributed by atoms with Crippen LogP contribution in [0.5, 0.6) is 0 Å². The number of hydrogen-bond acceptors (Lipinski definition) is 8.